The van der Waals surface area contributed by atoms with Gasteiger partial charge in [-0.3, -0.25) is 15.1 Å². The van der Waals surface area contributed by atoms with Crippen LogP contribution >= 0.6 is 0 Å². The van der Waals surface area contributed by atoms with Crippen LogP contribution in [0.3, 0.4) is 0 Å². The molecule has 0 aromatic carbocycles. The fourth-order valence-corrected chi connectivity index (χ4v) is 3.93. The van der Waals surface area contributed by atoms with Crippen LogP contribution in [0.25, 0.3) is 27.9 Å². The van der Waals surface area contributed by atoms with E-state index in [-0.39, 0.29) is 0 Å². The summed E-state index contributed by atoms with van der Waals surface area (Å²) in [6.07, 6.45) is 15.0. The molecule has 194 valence electrons. The number of pyridine rings is 2. The van der Waals surface area contributed by atoms with Crippen molar-refractivity contribution in [3.05, 3.63) is 109 Å². The Morgan fingerprint density at radius 1 is 1.13 bits per heavy atom. The summed E-state index contributed by atoms with van der Waals surface area (Å²) >= 11 is 0. The van der Waals surface area contributed by atoms with Gasteiger partial charge in [-0.15, -0.1) is 0 Å². The number of hydrogen-bond donors (Lipinski definition) is 3. The van der Waals surface area contributed by atoms with E-state index in [2.05, 4.69) is 69.4 Å². The zero-order valence-electron chi connectivity index (χ0n) is 22.6. The fraction of sp³-hybridized carbons (Fsp3) is 0.200. The lowest BCUT2D eigenvalue weighted by molar-refractivity contribution is 0.710. The Labute approximate surface area is 223 Å². The van der Waals surface area contributed by atoms with Crippen LogP contribution < -0.4 is 10.6 Å². The summed E-state index contributed by atoms with van der Waals surface area (Å²) in [6.45, 7) is 22.5. The summed E-state index contributed by atoms with van der Waals surface area (Å²) in [4.78, 5) is 13.4. The molecule has 0 radical (unpaired) electrons. The number of allylic oxidation sites excluding steroid dienone is 5. The number of nitrogens with zero attached hydrogens (tertiary/aromatic N) is 5. The molecule has 3 N–H and O–H groups in total. The molecule has 0 fully saturated rings. The van der Waals surface area contributed by atoms with Crippen LogP contribution in [-0.4, -0.2) is 29.7 Å². The molecule has 4 aromatic heterocycles. The van der Waals surface area contributed by atoms with E-state index in [0.717, 1.165) is 56.2 Å². The molecule has 0 aliphatic heterocycles. The average Bonchev–Trinajstić information content (AvgIpc) is 3.53. The SMILES string of the molecule is C=C/C(=C\C(=C/C)c1cc2c(C(=C)Nc3cncc(-n4cnc(C)c4)c3C)n[nH]c2cn1)NC(=C)C(C)C. The van der Waals surface area contributed by atoms with Crippen LogP contribution in [0.1, 0.15) is 43.4 Å². The van der Waals surface area contributed by atoms with Crippen molar-refractivity contribution in [2.45, 2.75) is 34.6 Å². The molecular weight excluding hydrogens is 472 g/mol. The fourth-order valence-electron chi connectivity index (χ4n) is 3.93. The van der Waals surface area contributed by atoms with Gasteiger partial charge < -0.3 is 15.2 Å². The summed E-state index contributed by atoms with van der Waals surface area (Å²) in [7, 11) is 0. The molecule has 0 spiro atoms. The number of hydrogen-bond acceptors (Lipinski definition) is 6. The van der Waals surface area contributed by atoms with Crippen LogP contribution in [0.2, 0.25) is 0 Å². The molecule has 0 aliphatic rings. The van der Waals surface area contributed by atoms with E-state index in [4.69, 9.17) is 0 Å². The van der Waals surface area contributed by atoms with Crippen LogP contribution in [0, 0.1) is 19.8 Å². The first-order valence-corrected chi connectivity index (χ1v) is 12.4. The van der Waals surface area contributed by atoms with Gasteiger partial charge in [0.05, 0.1) is 58.9 Å². The maximum Gasteiger partial charge on any atom is 0.116 e. The van der Waals surface area contributed by atoms with Crippen molar-refractivity contribution in [1.29, 1.82) is 0 Å². The van der Waals surface area contributed by atoms with Crippen molar-refractivity contribution in [3.8, 4) is 5.69 Å². The van der Waals surface area contributed by atoms with E-state index in [1.165, 1.54) is 0 Å². The van der Waals surface area contributed by atoms with E-state index in [1.54, 1.807) is 24.8 Å². The highest BCUT2D eigenvalue weighted by atomic mass is 15.1. The number of aromatic nitrogens is 6. The molecule has 0 saturated heterocycles. The van der Waals surface area contributed by atoms with Crippen LogP contribution in [0.15, 0.2) is 86.5 Å². The maximum absolute atomic E-state index is 4.66. The minimum atomic E-state index is 0.303. The van der Waals surface area contributed by atoms with E-state index in [9.17, 15) is 0 Å². The van der Waals surface area contributed by atoms with Gasteiger partial charge in [0.2, 0.25) is 0 Å². The standard InChI is InChI=1S/C30H34N8/c1-9-23(11-24(10-2)34-21(7)18(3)4)26-12-25-28(14-32-26)36-37-30(25)22(8)35-27-13-31-15-29(20(27)6)38-16-19(5)33-17-38/h9-18,34-35H,2,7-8H2,1,3-6H3,(H,36,37)/b23-9+,24-11+. The number of rotatable bonds is 10. The predicted octanol–water partition coefficient (Wildman–Crippen LogP) is 6.47. The predicted molar refractivity (Wildman–Crippen MR) is 156 cm³/mol. The minimum Gasteiger partial charge on any atom is -0.359 e. The Balaban J connectivity index is 1.64. The Kier molecular flexibility index (Phi) is 7.71. The number of fused-ring (bicyclic) bond motifs is 1. The molecule has 0 saturated carbocycles. The summed E-state index contributed by atoms with van der Waals surface area (Å²) in [5, 5.41) is 15.2. The van der Waals surface area contributed by atoms with Gasteiger partial charge in [-0.2, -0.15) is 5.10 Å². The second-order valence-electron chi connectivity index (χ2n) is 9.40. The van der Waals surface area contributed by atoms with Gasteiger partial charge in [-0.25, -0.2) is 4.98 Å². The smallest absolute Gasteiger partial charge is 0.116 e. The topological polar surface area (TPSA) is 96.3 Å². The second-order valence-corrected chi connectivity index (χ2v) is 9.40. The van der Waals surface area contributed by atoms with Crippen molar-refractivity contribution in [1.82, 2.24) is 35.0 Å². The number of H-pyrrole nitrogens is 1. The van der Waals surface area contributed by atoms with E-state index >= 15 is 0 Å². The van der Waals surface area contributed by atoms with Gasteiger partial charge >= 0.3 is 0 Å². The van der Waals surface area contributed by atoms with Gasteiger partial charge in [0.25, 0.3) is 0 Å². The summed E-state index contributed by atoms with van der Waals surface area (Å²) in [5.74, 6) is 0.303. The summed E-state index contributed by atoms with van der Waals surface area (Å²) in [6, 6.07) is 2.01. The lowest BCUT2D eigenvalue weighted by atomic mass is 10.1. The Morgan fingerprint density at radius 3 is 2.58 bits per heavy atom. The summed E-state index contributed by atoms with van der Waals surface area (Å²) < 4.78 is 1.96. The number of anilines is 1. The number of nitrogens with one attached hydrogen (secondary N) is 3. The molecule has 38 heavy (non-hydrogen) atoms. The number of aryl methyl sites for hydroxylation is 1. The highest BCUT2D eigenvalue weighted by molar-refractivity contribution is 5.94. The molecule has 4 rings (SSSR count). The normalized spacial score (nSPS) is 12.2. The zero-order chi connectivity index (χ0) is 27.4. The van der Waals surface area contributed by atoms with Crippen molar-refractivity contribution < 1.29 is 0 Å². The third kappa shape index (κ3) is 5.49. The lowest BCUT2D eigenvalue weighted by Crippen LogP contribution is -2.14. The molecule has 0 amide bonds. The molecule has 0 bridgehead atoms. The molecule has 8 nitrogen and oxygen atoms in total. The largest absolute Gasteiger partial charge is 0.359 e. The lowest BCUT2D eigenvalue weighted by Gasteiger charge is -2.14. The maximum atomic E-state index is 4.66. The monoisotopic (exact) mass is 506 g/mol. The molecule has 0 atom stereocenters. The van der Waals surface area contributed by atoms with Crippen molar-refractivity contribution >= 4 is 27.9 Å². The van der Waals surface area contributed by atoms with Crippen LogP contribution in [-0.2, 0) is 0 Å². The molecule has 4 aromatic rings. The van der Waals surface area contributed by atoms with E-state index in [1.807, 2.05) is 56.0 Å². The molecule has 4 heterocycles. The van der Waals surface area contributed by atoms with Gasteiger partial charge in [0, 0.05) is 23.0 Å². The molecule has 0 unspecified atom stereocenters. The number of imidazole rings is 1. The molecule has 0 aliphatic carbocycles. The van der Waals surface area contributed by atoms with Crippen LogP contribution in [0.5, 0.6) is 0 Å². The highest BCUT2D eigenvalue weighted by Gasteiger charge is 2.15. The van der Waals surface area contributed by atoms with Gasteiger partial charge in [0.15, 0.2) is 0 Å². The summed E-state index contributed by atoms with van der Waals surface area (Å²) in [5.41, 5.74) is 9.45. The second kappa shape index (κ2) is 11.1. The Morgan fingerprint density at radius 2 is 1.92 bits per heavy atom. The van der Waals surface area contributed by atoms with Crippen molar-refractivity contribution in [2.24, 2.45) is 5.92 Å². The van der Waals surface area contributed by atoms with Gasteiger partial charge in [-0.1, -0.05) is 39.7 Å². The average molecular weight is 507 g/mol. The first-order valence-electron chi connectivity index (χ1n) is 12.4. The third-order valence-corrected chi connectivity index (χ3v) is 6.34. The highest BCUT2D eigenvalue weighted by Crippen LogP contribution is 2.28. The third-order valence-electron chi connectivity index (χ3n) is 6.34. The molecular formula is C30H34N8. The van der Waals surface area contributed by atoms with E-state index in [0.29, 0.717) is 17.3 Å². The van der Waals surface area contributed by atoms with Crippen molar-refractivity contribution in [2.75, 3.05) is 5.32 Å². The number of aromatic amines is 1. The Hall–Kier alpha value is -4.72. The Bertz CT molecular complexity index is 1580. The van der Waals surface area contributed by atoms with Crippen molar-refractivity contribution in [3.63, 3.8) is 0 Å². The van der Waals surface area contributed by atoms with Gasteiger partial charge in [0.1, 0.15) is 5.69 Å². The van der Waals surface area contributed by atoms with Gasteiger partial charge in [-0.05, 0) is 56.0 Å². The van der Waals surface area contributed by atoms with E-state index < -0.39 is 0 Å². The minimum absolute atomic E-state index is 0.303. The quantitative estimate of drug-likeness (QED) is 0.213. The molecule has 8 heteroatoms. The zero-order valence-corrected chi connectivity index (χ0v) is 22.6. The first-order chi connectivity index (χ1) is 18.2. The van der Waals surface area contributed by atoms with Crippen LogP contribution in [0.4, 0.5) is 5.69 Å². The first kappa shape index (κ1) is 26.3.